The highest BCUT2D eigenvalue weighted by Crippen LogP contribution is 2.36. The number of nitrogens with two attached hydrogens (primary N) is 1. The summed E-state index contributed by atoms with van der Waals surface area (Å²) in [5.41, 5.74) is 6.59. The summed E-state index contributed by atoms with van der Waals surface area (Å²) in [6.45, 7) is 3.66. The normalized spacial score (nSPS) is 12.1. The van der Waals surface area contributed by atoms with Crippen molar-refractivity contribution in [2.45, 2.75) is 26.1 Å². The highest BCUT2D eigenvalue weighted by Gasteiger charge is 2.33. The molecule has 0 aliphatic rings. The Morgan fingerprint density at radius 2 is 1.62 bits per heavy atom. The van der Waals surface area contributed by atoms with Gasteiger partial charge in [0.1, 0.15) is 12.7 Å². The van der Waals surface area contributed by atoms with Crippen LogP contribution in [0.3, 0.4) is 0 Å². The van der Waals surface area contributed by atoms with E-state index in [2.05, 4.69) is 30.9 Å². The van der Waals surface area contributed by atoms with Gasteiger partial charge in [0.05, 0.1) is 16.6 Å². The van der Waals surface area contributed by atoms with Crippen LogP contribution in [0.25, 0.3) is 16.9 Å². The second-order valence-corrected chi connectivity index (χ2v) is 8.99. The van der Waals surface area contributed by atoms with Crippen molar-refractivity contribution in [2.75, 3.05) is 16.0 Å². The van der Waals surface area contributed by atoms with Crippen molar-refractivity contribution in [3.05, 3.63) is 65.7 Å². The van der Waals surface area contributed by atoms with Crippen molar-refractivity contribution in [1.82, 2.24) is 19.5 Å². The van der Waals surface area contributed by atoms with Crippen LogP contribution in [0.1, 0.15) is 19.4 Å². The molecular weight excluding hydrogens is 560 g/mol. The number of aromatic nitrogens is 4. The van der Waals surface area contributed by atoms with Crippen LogP contribution in [0.2, 0.25) is 5.02 Å². The second-order valence-electron chi connectivity index (χ2n) is 8.59. The van der Waals surface area contributed by atoms with Crippen molar-refractivity contribution in [3.63, 3.8) is 0 Å². The number of fused-ring (bicyclic) bond motifs is 1. The van der Waals surface area contributed by atoms with Gasteiger partial charge in [-0.2, -0.15) is 13.2 Å². The molecule has 4 rings (SSSR count). The second kappa shape index (κ2) is 11.8. The zero-order valence-electron chi connectivity index (χ0n) is 20.5. The molecule has 0 spiro atoms. The first-order chi connectivity index (χ1) is 17.9. The summed E-state index contributed by atoms with van der Waals surface area (Å²) in [5, 5.41) is 7.11. The van der Waals surface area contributed by atoms with Crippen molar-refractivity contribution >= 4 is 64.3 Å². The Labute approximate surface area is 231 Å². The van der Waals surface area contributed by atoms with Gasteiger partial charge >= 0.3 is 12.2 Å². The number of nitrogens with one attached hydrogen (secondary N) is 3. The van der Waals surface area contributed by atoms with E-state index in [9.17, 15) is 22.8 Å². The standard InChI is InChI=1S/C24H22ClF3N8O2.ClH/c1-12(2)18(29)22(37)35-20-19-21(31-10-30-20)36(11-32-19)15-6-3-13(4-7-15)33-23(38)34-14-5-8-17(25)16(9-14)24(26,27)28;/h3-12,18H,29H2,1-2H3,(H2,33,34,38)(H,30,31,35,37);1H. The van der Waals surface area contributed by atoms with Gasteiger partial charge in [-0.15, -0.1) is 12.4 Å². The Kier molecular flexibility index (Phi) is 8.99. The van der Waals surface area contributed by atoms with E-state index in [-0.39, 0.29) is 29.8 Å². The minimum Gasteiger partial charge on any atom is -0.320 e. The Morgan fingerprint density at radius 3 is 2.26 bits per heavy atom. The number of hydrogen-bond donors (Lipinski definition) is 4. The van der Waals surface area contributed by atoms with Crippen LogP contribution in [0.15, 0.2) is 55.1 Å². The third kappa shape index (κ3) is 6.74. The molecule has 39 heavy (non-hydrogen) atoms. The van der Waals surface area contributed by atoms with E-state index in [4.69, 9.17) is 17.3 Å². The van der Waals surface area contributed by atoms with Crippen LogP contribution in [-0.2, 0) is 11.0 Å². The SMILES string of the molecule is CC(C)C(N)C(=O)Nc1ncnc2c1ncn2-c1ccc(NC(=O)Nc2ccc(Cl)c(C(F)(F)F)c2)cc1.Cl. The first-order valence-electron chi connectivity index (χ1n) is 11.2. The van der Waals surface area contributed by atoms with Crippen molar-refractivity contribution in [3.8, 4) is 5.69 Å². The molecule has 2 heterocycles. The number of urea groups is 1. The number of carbonyl (C=O) groups is 2. The maximum Gasteiger partial charge on any atom is 0.417 e. The van der Waals surface area contributed by atoms with Crippen LogP contribution in [0.5, 0.6) is 0 Å². The van der Waals surface area contributed by atoms with Crippen molar-refractivity contribution < 1.29 is 22.8 Å². The van der Waals surface area contributed by atoms with Gasteiger partial charge in [0, 0.05) is 17.1 Å². The van der Waals surface area contributed by atoms with E-state index in [1.54, 1.807) is 28.8 Å². The van der Waals surface area contributed by atoms with Gasteiger partial charge < -0.3 is 21.7 Å². The quantitative estimate of drug-likeness (QED) is 0.237. The number of anilines is 3. The molecule has 0 aliphatic heterocycles. The fraction of sp³-hybridized carbons (Fsp3) is 0.208. The number of carbonyl (C=O) groups excluding carboxylic acids is 2. The Morgan fingerprint density at radius 1 is 0.974 bits per heavy atom. The minimum atomic E-state index is -4.66. The maximum absolute atomic E-state index is 13.1. The summed E-state index contributed by atoms with van der Waals surface area (Å²) in [5.74, 6) is -0.236. The highest BCUT2D eigenvalue weighted by molar-refractivity contribution is 6.31. The average Bonchev–Trinajstić information content (AvgIpc) is 3.29. The average molecular weight is 583 g/mol. The zero-order chi connectivity index (χ0) is 27.6. The zero-order valence-corrected chi connectivity index (χ0v) is 22.0. The summed E-state index contributed by atoms with van der Waals surface area (Å²) < 4.78 is 40.8. The molecule has 2 aromatic heterocycles. The third-order valence-corrected chi connectivity index (χ3v) is 5.86. The molecule has 0 radical (unpaired) electrons. The topological polar surface area (TPSA) is 140 Å². The fourth-order valence-corrected chi connectivity index (χ4v) is 3.66. The molecule has 3 amide bonds. The van der Waals surface area contributed by atoms with Crippen LogP contribution >= 0.6 is 24.0 Å². The number of amides is 3. The summed E-state index contributed by atoms with van der Waals surface area (Å²) >= 11 is 5.61. The molecule has 0 aliphatic carbocycles. The first-order valence-corrected chi connectivity index (χ1v) is 11.6. The predicted molar refractivity (Wildman–Crippen MR) is 144 cm³/mol. The summed E-state index contributed by atoms with van der Waals surface area (Å²) in [6.07, 6.45) is -1.86. The maximum atomic E-state index is 13.1. The van der Waals surface area contributed by atoms with Crippen molar-refractivity contribution in [2.24, 2.45) is 11.7 Å². The fourth-order valence-electron chi connectivity index (χ4n) is 3.44. The Hall–Kier alpha value is -3.94. The molecule has 1 unspecified atom stereocenters. The minimum absolute atomic E-state index is 0. The van der Waals surface area contributed by atoms with E-state index in [0.29, 0.717) is 22.5 Å². The summed E-state index contributed by atoms with van der Waals surface area (Å²) in [6, 6.07) is 8.16. The summed E-state index contributed by atoms with van der Waals surface area (Å²) in [7, 11) is 0. The summed E-state index contributed by atoms with van der Waals surface area (Å²) in [4.78, 5) is 37.4. The van der Waals surface area contributed by atoms with E-state index < -0.39 is 34.7 Å². The molecule has 206 valence electrons. The van der Waals surface area contributed by atoms with E-state index in [1.165, 1.54) is 18.7 Å². The van der Waals surface area contributed by atoms with Gasteiger partial charge in [0.2, 0.25) is 5.91 Å². The Bertz CT molecular complexity index is 1490. The van der Waals surface area contributed by atoms with E-state index in [0.717, 1.165) is 12.1 Å². The third-order valence-electron chi connectivity index (χ3n) is 5.53. The molecule has 15 heteroatoms. The van der Waals surface area contributed by atoms with Gasteiger partial charge in [0.25, 0.3) is 0 Å². The number of alkyl halides is 3. The van der Waals surface area contributed by atoms with Gasteiger partial charge in [-0.25, -0.2) is 19.7 Å². The van der Waals surface area contributed by atoms with Crippen LogP contribution in [0.4, 0.5) is 35.2 Å². The molecule has 2 aromatic carbocycles. The molecule has 0 saturated carbocycles. The number of halogens is 5. The molecule has 4 aromatic rings. The van der Waals surface area contributed by atoms with Crippen LogP contribution in [-0.4, -0.2) is 37.5 Å². The van der Waals surface area contributed by atoms with Gasteiger partial charge in [-0.1, -0.05) is 25.4 Å². The number of rotatable bonds is 6. The van der Waals surface area contributed by atoms with Crippen LogP contribution in [0, 0.1) is 5.92 Å². The number of hydrogen-bond acceptors (Lipinski definition) is 6. The van der Waals surface area contributed by atoms with Crippen LogP contribution < -0.4 is 21.7 Å². The lowest BCUT2D eigenvalue weighted by Gasteiger charge is -2.14. The molecule has 10 nitrogen and oxygen atoms in total. The van der Waals surface area contributed by atoms with Crippen molar-refractivity contribution in [1.29, 1.82) is 0 Å². The molecule has 0 bridgehead atoms. The monoisotopic (exact) mass is 582 g/mol. The molecule has 0 saturated heterocycles. The molecular formula is C24H23Cl2F3N8O2. The van der Waals surface area contributed by atoms with E-state index in [1.807, 2.05) is 13.8 Å². The number of nitrogens with zero attached hydrogens (tertiary/aromatic N) is 4. The first kappa shape index (κ1) is 29.6. The molecule has 1 atom stereocenters. The number of benzene rings is 2. The van der Waals surface area contributed by atoms with E-state index >= 15 is 0 Å². The smallest absolute Gasteiger partial charge is 0.320 e. The van der Waals surface area contributed by atoms with Gasteiger partial charge in [0.15, 0.2) is 17.0 Å². The molecule has 5 N–H and O–H groups in total. The highest BCUT2D eigenvalue weighted by atomic mass is 35.5. The Balaban J connectivity index is 0.00000420. The lowest BCUT2D eigenvalue weighted by atomic mass is 10.1. The largest absolute Gasteiger partial charge is 0.417 e. The van der Waals surface area contributed by atoms with Gasteiger partial charge in [-0.3, -0.25) is 9.36 Å². The lowest BCUT2D eigenvalue weighted by molar-refractivity contribution is -0.137. The molecule has 0 fully saturated rings. The van der Waals surface area contributed by atoms with Gasteiger partial charge in [-0.05, 0) is 48.4 Å². The predicted octanol–water partition coefficient (Wildman–Crippen LogP) is 5.48. The number of imidazole rings is 1. The lowest BCUT2D eigenvalue weighted by Crippen LogP contribution is -2.40.